The highest BCUT2D eigenvalue weighted by Gasteiger charge is 2.55. The number of alkyl carbamates (subject to hydrolysis) is 1. The lowest BCUT2D eigenvalue weighted by Crippen LogP contribution is -2.68. The van der Waals surface area contributed by atoms with Crippen molar-refractivity contribution in [3.05, 3.63) is 52.6 Å². The monoisotopic (exact) mass is 1140 g/mol. The Balaban J connectivity index is -0.00000000199. The van der Waals surface area contributed by atoms with Crippen molar-refractivity contribution < 1.29 is 287 Å². The van der Waals surface area contributed by atoms with Crippen LogP contribution in [0.25, 0.3) is 0 Å². The zero-order chi connectivity index (χ0) is 75.5. The van der Waals surface area contributed by atoms with Crippen LogP contribution >= 0.6 is 20.5 Å². The maximum Gasteiger partial charge on any atom is 0.469 e. The van der Waals surface area contributed by atoms with Gasteiger partial charge in [0.05, 0.1) is 30.1 Å². The molecule has 3 rings (SSSR count). The fourth-order valence-corrected chi connectivity index (χ4v) is 12.3. The first kappa shape index (κ1) is 25.2. The molecule has 5 unspecified atom stereocenters. The minimum Gasteiger partial charge on any atom is -0.443 e. The van der Waals surface area contributed by atoms with Gasteiger partial charge in [-0.3, -0.25) is 4.52 Å². The van der Waals surface area contributed by atoms with E-state index in [2.05, 4.69) is 17.9 Å². The second kappa shape index (κ2) is 16.9. The van der Waals surface area contributed by atoms with Crippen LogP contribution in [0.15, 0.2) is 40.1 Å². The van der Waals surface area contributed by atoms with Gasteiger partial charge in [-0.1, -0.05) is 58.4 Å². The van der Waals surface area contributed by atoms with Gasteiger partial charge in [0.15, 0.2) is 0 Å². The number of ether oxygens (including phenoxy) is 2. The fourth-order valence-electron chi connectivity index (χ4n) is 8.60. The third-order valence-corrected chi connectivity index (χ3v) is 14.7. The van der Waals surface area contributed by atoms with E-state index in [9.17, 15) is 19.1 Å². The van der Waals surface area contributed by atoms with Gasteiger partial charge in [0.2, 0.25) is 10.0 Å². The Morgan fingerprint density at radius 3 is 2.28 bits per heavy atom. The highest BCUT2D eigenvalue weighted by molar-refractivity contribution is 7.90. The van der Waals surface area contributed by atoms with Gasteiger partial charge in [-0.25, -0.2) is 17.8 Å². The van der Waals surface area contributed by atoms with E-state index in [0.29, 0.717) is 18.4 Å². The molecule has 606 valence electrons. The summed E-state index contributed by atoms with van der Waals surface area (Å²) >= 11 is 4.54. The molecule has 0 bridgehead atoms. The maximum atomic E-state index is 15.5. The van der Waals surface area contributed by atoms with Gasteiger partial charge < -0.3 is 30.3 Å². The summed E-state index contributed by atoms with van der Waals surface area (Å²) in [5.41, 5.74) is 5.54. The van der Waals surface area contributed by atoms with E-state index >= 15 is 8.42 Å². The summed E-state index contributed by atoms with van der Waals surface area (Å²) in [6.45, 7) is 23.1. The largest absolute Gasteiger partial charge is 0.469 e. The van der Waals surface area contributed by atoms with Crippen LogP contribution in [0, 0.1) is 32.6 Å². The molecule has 0 radical (unpaired) electrons. The molecule has 0 aromatic heterocycles. The molecule has 5 N–H and O–H groups in total. The van der Waals surface area contributed by atoms with E-state index in [-0.39, 0.29) is 239 Å². The van der Waals surface area contributed by atoms with E-state index in [1.54, 1.807) is 48.5 Å². The summed E-state index contributed by atoms with van der Waals surface area (Å²) in [7, 11) is -10.1. The highest BCUT2D eigenvalue weighted by Crippen LogP contribution is 2.49. The van der Waals surface area contributed by atoms with Crippen LogP contribution in [0.5, 0.6) is 0 Å². The number of phosphoric ester groups is 1. The van der Waals surface area contributed by atoms with Crippen LogP contribution in [0.1, 0.15) is 356 Å². The summed E-state index contributed by atoms with van der Waals surface area (Å²) in [5, 5.41) is 2.93. The molecule has 1 fully saturated rings. The number of sulfonamides is 1. The van der Waals surface area contributed by atoms with Crippen molar-refractivity contribution in [2.45, 2.75) is 160 Å². The van der Waals surface area contributed by atoms with Crippen LogP contribution in [-0.2, 0) is 28.6 Å². The molecular formula is C38H368N3O9PS2. The van der Waals surface area contributed by atoms with Crippen LogP contribution in [0.3, 0.4) is 0 Å². The van der Waals surface area contributed by atoms with Gasteiger partial charge in [-0.05, 0) is 102 Å². The lowest BCUT2D eigenvalue weighted by atomic mass is 9.73. The standard InChI is InChI=1S/C38H62N3O9PS2.153H2/c1-14-30(21(2)3)37(11,12)41(53(46,47)34-25(7)24(6)31(39)20-33(34)52)27(9)35(50-51(43,44)45)38(13,26(8)29-18-16-15-17-22(29)4)40-36(42)49-32-19-23(5)48-28(32)10;;;;;;;;;;;;;;;;;;;;;;;;;;;;;;;;;;;;;;;;;;;;;;;;;;;;;;;;;;;;;;;;;;;;;;;;;;;;;;;;;;;;;;;;;;;;;;;;;;;;;;;;;;;;;;;;;;;;;;;;;;;;;;;;;;;;;;;;;;;;;;;;;;;;;;;;;/h15-18,20-21,23,26-28,30,32,35,52H,14,19,39H2,1-13H3,(H,40,42)(H2,43,44,45);153*1H/t23?,26?,27?,28?,30?,32-,35+,38-;;;;;;;;;;;;;;;;;;;;;;;;;;;;;;;;;;;;;;;;;;;;;;;;;;;;;;;;;;;;;;;;;;;;;;;;;;;;;;;;;;;;;;;;;;;;;;;;;;;;;;;;;;;;;;;;;;;;;;;;;;;;;;;;;;;;;;;;;;;;;;;;;;;;;;;;;/m0........................................................................................................................................................./s1/i20D;17*1+1D;;;;;;;;;;;;;;;;;;;;;;;;;;;;;;;;;;;;;;;;;;;;;;;;;;;;;;;;;;;;;;;;;;;;;;;;;;;;;;;;;;;;;;;;;;;;;;;;;;;;;;;;;;;;;;;;;;;;;;;;;;;;;;;;;;;;;;;;. The molecule has 2 aromatic rings. The van der Waals surface area contributed by atoms with E-state index < -0.39 is 65.3 Å². The summed E-state index contributed by atoms with van der Waals surface area (Å²) < 4.78 is 241. The molecule has 0 spiro atoms. The van der Waals surface area contributed by atoms with Crippen LogP contribution in [-0.4, -0.2) is 70.1 Å². The number of nitrogens with one attached hydrogen (secondary N) is 1. The van der Waals surface area contributed by atoms with Crippen LogP contribution < -0.4 is 11.1 Å². The van der Waals surface area contributed by atoms with Gasteiger partial charge in [0.25, 0.3) is 0 Å². The third kappa shape index (κ3) is 9.63. The zero-order valence-electron chi connectivity index (χ0n) is 68.4. The Labute approximate surface area is 578 Å². The molecule has 1 amide bonds. The predicted molar refractivity (Wildman–Crippen MR) is 535 cm³/mol. The molecule has 1 aliphatic rings. The summed E-state index contributed by atoms with van der Waals surface area (Å²) in [4.78, 5) is 34.8. The molecule has 8 atom stereocenters. The minimum absolute atomic E-state index is 0. The number of carbonyl (C=O) groups is 1. The first-order valence-electron chi connectivity index (χ1n) is 35.7. The van der Waals surface area contributed by atoms with Gasteiger partial charge in [-0.2, -0.15) is 4.31 Å². The van der Waals surface area contributed by atoms with Crippen molar-refractivity contribution in [3.8, 4) is 0 Å². The number of anilines is 1. The van der Waals surface area contributed by atoms with Gasteiger partial charge in [0, 0.05) is 273 Å². The molecule has 1 heterocycles. The van der Waals surface area contributed by atoms with Crippen molar-refractivity contribution >= 4 is 42.3 Å². The lowest BCUT2D eigenvalue weighted by molar-refractivity contribution is -0.0306. The normalized spacial score (nSPS) is 24.8. The number of nitrogens with two attached hydrogens (primary N) is 1. The van der Waals surface area contributed by atoms with Crippen molar-refractivity contribution in [2.24, 2.45) is 11.8 Å². The Hall–Kier alpha value is -2.16. The average molecular weight is 1140 g/mol. The quantitative estimate of drug-likeness (QED) is 0.0655. The van der Waals surface area contributed by atoms with Crippen molar-refractivity contribution in [1.82, 2.24) is 9.62 Å². The number of aryl methyl sites for hydroxylation is 1. The molecule has 0 saturated carbocycles. The third-order valence-electron chi connectivity index (χ3n) is 11.4. The first-order chi connectivity index (χ1) is 41.6. The molecule has 2 aromatic carbocycles. The number of carbonyl (C=O) groups excluding carboxylic acids is 1. The van der Waals surface area contributed by atoms with E-state index in [4.69, 9.17) is 71.6 Å². The number of hydrogen-bond donors (Lipinski definition) is 5. The Morgan fingerprint density at radius 2 is 1.79 bits per heavy atom. The number of rotatable bonds is 15. The average Bonchev–Trinajstić information content (AvgIpc) is 0.865. The first-order valence-corrected chi connectivity index (χ1v) is 21.6. The Bertz CT molecular complexity index is 1980. The second-order valence-electron chi connectivity index (χ2n) is 15.8. The fraction of sp³-hybridized carbons (Fsp3) is 0.658. The molecule has 0 aliphatic carbocycles. The van der Waals surface area contributed by atoms with Gasteiger partial charge >= 0.3 is 13.9 Å². The minimum atomic E-state index is -5.41. The number of nitrogen functional groups attached to an aromatic ring is 1. The number of benzene rings is 2. The van der Waals surface area contributed by atoms with Crippen LogP contribution in [0.2, 0.25) is 0 Å². The van der Waals surface area contributed by atoms with E-state index in [0.717, 1.165) is 11.1 Å². The summed E-state index contributed by atoms with van der Waals surface area (Å²) in [6.07, 6.45) is -2.77. The molecule has 1 saturated heterocycles. The topological polar surface area (TPSA) is 178 Å². The van der Waals surface area contributed by atoms with Crippen molar-refractivity contribution in [2.75, 3.05) is 5.73 Å². The number of amides is 1. The summed E-state index contributed by atoms with van der Waals surface area (Å²) in [6, 6.07) is 5.73. The summed E-state index contributed by atoms with van der Waals surface area (Å²) in [5.74, 6) is -1.07. The smallest absolute Gasteiger partial charge is 0.443 e. The number of hydrogen-bond acceptors (Lipinski definition) is 9. The van der Waals surface area contributed by atoms with E-state index in [1.807, 2.05) is 58.9 Å². The number of phosphoric acid groups is 1. The number of thiol groups is 1. The van der Waals surface area contributed by atoms with Crippen molar-refractivity contribution in [1.29, 1.82) is 0 Å². The Kier molecular flexibility index (Phi) is 8.03. The second-order valence-corrected chi connectivity index (χ2v) is 19.1. The number of nitrogens with zero attached hydrogens (tertiary/aromatic N) is 1. The van der Waals surface area contributed by atoms with Gasteiger partial charge in [0.1, 0.15) is 12.2 Å². The molecular weight excluding hydrogens is 738 g/mol. The molecule has 1 aliphatic heterocycles. The highest BCUT2D eigenvalue weighted by atomic mass is 32.2. The van der Waals surface area contributed by atoms with Crippen molar-refractivity contribution in [3.63, 3.8) is 0 Å². The predicted octanol–water partition coefficient (Wildman–Crippen LogP) is 45.3. The molecule has 15 heteroatoms. The molecule has 12 nitrogen and oxygen atoms in total. The molecule has 53 heavy (non-hydrogen) atoms. The maximum absolute atomic E-state index is 15.5. The Morgan fingerprint density at radius 1 is 1.21 bits per heavy atom. The SMILES string of the molecule is [2H][2H].[2H][2H].[2H][2H].[2H][2H].[2H][2H].[2H][2H].[2H][2H].[2H][2H].[2H][2H].[2H][2H].[2H][2H].[2H][2H].[2H][2H].[2H][2H].[2H][2H].[2H][2H].[2H][2H].[2H]c1c(N)c(C)c(C)c(S(=O)(=O)N(C(C)[C@@H](OP(=O)(O)O)[C@@](C)(NC(=O)O[C@H]2CC(C)OC2C)C(C)c2ccccc2C)C(C)(C)C(CC)C(C)C)c1S.[HH].[HH].[HH].[HH].[HH].[HH].[HH].[HH].[HH].[HH].[HH].[HH].[HH].[HH].[HH].[HH].[HH].[HH].[HH].[HH].[HH].[HH].[HH].[HH].[HH].[HH].[HH].[HH].[HH].[HH].[HH].[HH].[HH].[HH].[HH].[HH].[HH].[HH].[HH].[HH].[HH].[HH].[HH].[HH].[HH].[HH].[HH].[HH].[HH].[HH].[HH].[HH].[HH].[HH].[HH].[HH].[HH].[HH].[HH].[HH].[HH].[HH].[HH].[HH].[HH].[HH].[HH].[HH].[HH].[HH].[HH].[HH].[HH].[HH].[HH].[HH].[HH].[HH].[HH].[HH].[HH].[HH].[HH].[HH].[HH].[HH].[HH].[HH].[HH].[HH].[HH].[HH].[HH].[HH].[HH].[HH].[HH].[HH].[HH].[HH].[HH].[HH].[HH].[HH].[HH].[HH].[HH].[HH].[HH].[HH].[HH].[HH].[HH].[HH].[HH].[HH].[HH].[HH].[HH].[HH].[HH].[HH].[HH].[HH].[HH].[HH].[HH].[HH].[HH].[HH].[HH].[HH].[HH].[HH].[HH].[HH]. The van der Waals surface area contributed by atoms with Gasteiger partial charge in [-0.15, -0.1) is 12.6 Å². The lowest BCUT2D eigenvalue weighted by Gasteiger charge is -2.52. The van der Waals surface area contributed by atoms with E-state index in [1.165, 1.54) is 11.2 Å². The van der Waals surface area contributed by atoms with Crippen LogP contribution in [0.4, 0.5) is 10.5 Å². The zero-order valence-corrected chi connectivity index (χ0v) is 36.0.